The van der Waals surface area contributed by atoms with Gasteiger partial charge in [0.1, 0.15) is 0 Å². The van der Waals surface area contributed by atoms with E-state index in [2.05, 4.69) is 16.1 Å². The van der Waals surface area contributed by atoms with E-state index in [0.29, 0.717) is 13.2 Å². The highest BCUT2D eigenvalue weighted by atomic mass is 19.4. The van der Waals surface area contributed by atoms with Gasteiger partial charge >= 0.3 is 35.9 Å². The van der Waals surface area contributed by atoms with E-state index in [9.17, 15) is 49.4 Å². The first-order valence-electron chi connectivity index (χ1n) is 5.80. The molecule has 0 spiro atoms. The summed E-state index contributed by atoms with van der Waals surface area (Å²) in [4.78, 5) is 10.8. The molecule has 0 saturated heterocycles. The summed E-state index contributed by atoms with van der Waals surface area (Å²) >= 11 is 0. The second-order valence-corrected chi connectivity index (χ2v) is 4.39. The molecule has 0 aliphatic carbocycles. The van der Waals surface area contributed by atoms with Crippen LogP contribution in [0, 0.1) is 0 Å². The summed E-state index contributed by atoms with van der Waals surface area (Å²) in [6, 6.07) is 0. The molecule has 0 aliphatic heterocycles. The summed E-state index contributed by atoms with van der Waals surface area (Å²) in [7, 11) is 0.566. The van der Waals surface area contributed by atoms with Crippen molar-refractivity contribution in [1.82, 2.24) is 0 Å². The maximum atomic E-state index is 13.3. The molecule has 0 aliphatic rings. The smallest absolute Gasteiger partial charge is 0.405 e. The van der Waals surface area contributed by atoms with Crippen LogP contribution in [-0.2, 0) is 14.3 Å². The summed E-state index contributed by atoms with van der Waals surface area (Å²) in [6.07, 6.45) is -10.7. The van der Waals surface area contributed by atoms with Gasteiger partial charge in [-0.15, -0.1) is 0 Å². The number of hydrogen-bond donors (Lipinski definition) is 1. The molecule has 0 heterocycles. The fraction of sp³-hybridized carbons (Fsp3) is 0.727. The molecule has 142 valence electrons. The van der Waals surface area contributed by atoms with Crippen molar-refractivity contribution in [3.8, 4) is 0 Å². The van der Waals surface area contributed by atoms with Crippen LogP contribution in [0.3, 0.4) is 0 Å². The monoisotopic (exact) mass is 378 g/mol. The Morgan fingerprint density at radius 3 is 1.79 bits per heavy atom. The van der Waals surface area contributed by atoms with E-state index in [-0.39, 0.29) is 0 Å². The summed E-state index contributed by atoms with van der Waals surface area (Å²) in [6.45, 7) is 2.85. The van der Waals surface area contributed by atoms with Gasteiger partial charge in [-0.3, -0.25) is 0 Å². The van der Waals surface area contributed by atoms with Crippen LogP contribution >= 0.6 is 0 Å². The standard InChI is InChI=1S/C11H11F9O4/c1-3-6(21)24-8(22,23-2)5-4-7(12,13)9(14,15)10(16,17)11(18,19)20/h3,22H,1,4-5H2,2H3. The lowest BCUT2D eigenvalue weighted by Gasteiger charge is -2.35. The minimum Gasteiger partial charge on any atom is -0.405 e. The van der Waals surface area contributed by atoms with Crippen LogP contribution < -0.4 is 0 Å². The zero-order valence-electron chi connectivity index (χ0n) is 11.8. The van der Waals surface area contributed by atoms with E-state index in [1.165, 1.54) is 0 Å². The SMILES string of the molecule is C=CC(=O)OC(O)(CCC(F)(F)C(F)(F)C(F)(F)C(F)(F)F)OC. The van der Waals surface area contributed by atoms with Crippen molar-refractivity contribution in [1.29, 1.82) is 0 Å². The van der Waals surface area contributed by atoms with Crippen molar-refractivity contribution in [3.63, 3.8) is 0 Å². The molecule has 0 aromatic rings. The van der Waals surface area contributed by atoms with Gasteiger partial charge in [-0.1, -0.05) is 6.58 Å². The molecule has 1 atom stereocenters. The van der Waals surface area contributed by atoms with Crippen molar-refractivity contribution < 1.29 is 58.9 Å². The van der Waals surface area contributed by atoms with Crippen molar-refractivity contribution >= 4 is 5.97 Å². The largest absolute Gasteiger partial charge is 0.460 e. The highest BCUT2D eigenvalue weighted by molar-refractivity contribution is 5.81. The number of alkyl halides is 9. The van der Waals surface area contributed by atoms with Crippen LogP contribution in [0.5, 0.6) is 0 Å². The van der Waals surface area contributed by atoms with E-state index in [1.807, 2.05) is 0 Å². The van der Waals surface area contributed by atoms with Gasteiger partial charge in [0.25, 0.3) is 0 Å². The zero-order chi connectivity index (χ0) is 19.6. The van der Waals surface area contributed by atoms with E-state index in [1.54, 1.807) is 0 Å². The number of halogens is 9. The lowest BCUT2D eigenvalue weighted by Crippen LogP contribution is -2.61. The molecule has 1 unspecified atom stereocenters. The van der Waals surface area contributed by atoms with Crippen LogP contribution in [0.1, 0.15) is 12.8 Å². The molecule has 1 N–H and O–H groups in total. The minimum atomic E-state index is -7.05. The quantitative estimate of drug-likeness (QED) is 0.305. The van der Waals surface area contributed by atoms with Crippen molar-refractivity contribution in [3.05, 3.63) is 12.7 Å². The minimum absolute atomic E-state index is 0.411. The molecule has 13 heteroatoms. The fourth-order valence-corrected chi connectivity index (χ4v) is 1.27. The maximum absolute atomic E-state index is 13.3. The van der Waals surface area contributed by atoms with Gasteiger partial charge in [-0.2, -0.15) is 39.5 Å². The van der Waals surface area contributed by atoms with Crippen LogP contribution in [0.2, 0.25) is 0 Å². The Bertz CT molecular complexity index is 475. The summed E-state index contributed by atoms with van der Waals surface area (Å²) < 4.78 is 122. The van der Waals surface area contributed by atoms with Crippen LogP contribution in [0.15, 0.2) is 12.7 Å². The van der Waals surface area contributed by atoms with Crippen molar-refractivity contribution in [2.24, 2.45) is 0 Å². The Labute approximate surface area is 128 Å². The van der Waals surface area contributed by atoms with Crippen LogP contribution in [0.4, 0.5) is 39.5 Å². The highest BCUT2D eigenvalue weighted by Gasteiger charge is 2.81. The summed E-state index contributed by atoms with van der Waals surface area (Å²) in [5.74, 6) is -24.5. The third-order valence-corrected chi connectivity index (χ3v) is 2.71. The van der Waals surface area contributed by atoms with Gasteiger partial charge < -0.3 is 14.6 Å². The Kier molecular flexibility index (Phi) is 6.36. The third-order valence-electron chi connectivity index (χ3n) is 2.71. The third kappa shape index (κ3) is 4.32. The Balaban J connectivity index is 5.39. The molecule has 0 fully saturated rings. The normalized spacial score (nSPS) is 16.5. The molecule has 0 bridgehead atoms. The topological polar surface area (TPSA) is 55.8 Å². The highest BCUT2D eigenvalue weighted by Crippen LogP contribution is 2.54. The first-order chi connectivity index (χ1) is 10.5. The predicted molar refractivity (Wildman–Crippen MR) is 58.4 cm³/mol. The zero-order valence-corrected chi connectivity index (χ0v) is 11.8. The van der Waals surface area contributed by atoms with Gasteiger partial charge in [0, 0.05) is 26.0 Å². The second-order valence-electron chi connectivity index (χ2n) is 4.39. The molecular weight excluding hydrogens is 367 g/mol. The molecule has 0 amide bonds. The Morgan fingerprint density at radius 1 is 1.00 bits per heavy atom. The number of carbonyl (C=O) groups is 1. The lowest BCUT2D eigenvalue weighted by molar-refractivity contribution is -0.401. The number of hydrogen-bond acceptors (Lipinski definition) is 4. The molecule has 4 nitrogen and oxygen atoms in total. The van der Waals surface area contributed by atoms with Gasteiger partial charge in [-0.05, 0) is 0 Å². The lowest BCUT2D eigenvalue weighted by atomic mass is 9.99. The number of aliphatic hydroxyl groups is 1. The van der Waals surface area contributed by atoms with Gasteiger partial charge in [0.15, 0.2) is 0 Å². The Hall–Kier alpha value is -1.50. The number of ether oxygens (including phenoxy) is 2. The van der Waals surface area contributed by atoms with E-state index in [4.69, 9.17) is 0 Å². The number of methoxy groups -OCH3 is 1. The molecule has 0 aromatic heterocycles. The van der Waals surface area contributed by atoms with E-state index >= 15 is 0 Å². The predicted octanol–water partition coefficient (Wildman–Crippen LogP) is 3.26. The average Bonchev–Trinajstić information content (AvgIpc) is 2.43. The van der Waals surface area contributed by atoms with E-state index < -0.39 is 48.7 Å². The average molecular weight is 378 g/mol. The van der Waals surface area contributed by atoms with Gasteiger partial charge in [0.2, 0.25) is 0 Å². The molecule has 0 rings (SSSR count). The van der Waals surface area contributed by atoms with Crippen molar-refractivity contribution in [2.45, 2.75) is 42.8 Å². The van der Waals surface area contributed by atoms with Crippen LogP contribution in [0.25, 0.3) is 0 Å². The Morgan fingerprint density at radius 2 is 1.46 bits per heavy atom. The van der Waals surface area contributed by atoms with E-state index in [0.717, 1.165) is 0 Å². The van der Waals surface area contributed by atoms with Crippen LogP contribution in [-0.4, -0.2) is 48.1 Å². The first-order valence-corrected chi connectivity index (χ1v) is 5.80. The van der Waals surface area contributed by atoms with Gasteiger partial charge in [-0.25, -0.2) is 4.79 Å². The first kappa shape index (κ1) is 22.5. The van der Waals surface area contributed by atoms with Crippen molar-refractivity contribution in [2.75, 3.05) is 7.11 Å². The fourth-order valence-electron chi connectivity index (χ4n) is 1.27. The number of rotatable bonds is 8. The second kappa shape index (κ2) is 6.78. The summed E-state index contributed by atoms with van der Waals surface area (Å²) in [5.41, 5.74) is 0. The molecular formula is C11H11F9O4. The number of carbonyl (C=O) groups excluding carboxylic acids is 1. The molecule has 0 aromatic carbocycles. The molecule has 0 radical (unpaired) electrons. The maximum Gasteiger partial charge on any atom is 0.460 e. The number of esters is 1. The van der Waals surface area contributed by atoms with Gasteiger partial charge in [0.05, 0.1) is 0 Å². The molecule has 24 heavy (non-hydrogen) atoms. The molecule has 0 saturated carbocycles. The summed E-state index contributed by atoms with van der Waals surface area (Å²) in [5, 5.41) is 9.41.